The van der Waals surface area contributed by atoms with E-state index in [1.807, 2.05) is 18.2 Å². The lowest BCUT2D eigenvalue weighted by Crippen LogP contribution is -2.30. The summed E-state index contributed by atoms with van der Waals surface area (Å²) in [4.78, 5) is 17.7. The molecular weight excluding hydrogens is 256 g/mol. The van der Waals surface area contributed by atoms with E-state index in [2.05, 4.69) is 9.88 Å². The second-order valence-corrected chi connectivity index (χ2v) is 4.99. The maximum absolute atomic E-state index is 11.3. The summed E-state index contributed by atoms with van der Waals surface area (Å²) >= 11 is 0. The van der Waals surface area contributed by atoms with Crippen molar-refractivity contribution in [3.63, 3.8) is 0 Å². The molecule has 5 heteroatoms. The number of carboxylic acid groups (broad SMARTS) is 1. The van der Waals surface area contributed by atoms with Gasteiger partial charge in [0.05, 0.1) is 12.2 Å². The fourth-order valence-electron chi connectivity index (χ4n) is 2.53. The molecule has 0 atom stereocenters. The van der Waals surface area contributed by atoms with Crippen LogP contribution in [0.1, 0.15) is 23.2 Å². The molecule has 1 saturated carbocycles. The lowest BCUT2D eigenvalue weighted by atomic mass is 10.1. The molecule has 1 heterocycles. The Morgan fingerprint density at radius 2 is 2.00 bits per heavy atom. The van der Waals surface area contributed by atoms with E-state index < -0.39 is 5.97 Å². The van der Waals surface area contributed by atoms with E-state index in [0.29, 0.717) is 18.0 Å². The van der Waals surface area contributed by atoms with Gasteiger partial charge < -0.3 is 15.1 Å². The number of carboxylic acids is 1. The highest BCUT2D eigenvalue weighted by atomic mass is 16.4. The minimum atomic E-state index is -0.972. The molecule has 104 valence electrons. The molecule has 1 aliphatic carbocycles. The van der Waals surface area contributed by atoms with Crippen molar-refractivity contribution in [2.75, 3.05) is 18.1 Å². The van der Waals surface area contributed by atoms with E-state index >= 15 is 0 Å². The number of carbonyl (C=O) groups is 1. The minimum Gasteiger partial charge on any atom is -0.478 e. The largest absolute Gasteiger partial charge is 0.478 e. The number of anilines is 1. The molecule has 0 spiro atoms. The number of aromatic nitrogens is 1. The summed E-state index contributed by atoms with van der Waals surface area (Å²) in [5.74, 6) is -0.206. The van der Waals surface area contributed by atoms with Crippen molar-refractivity contribution < 1.29 is 15.0 Å². The second-order valence-electron chi connectivity index (χ2n) is 4.99. The molecule has 1 aliphatic rings. The standard InChI is InChI=1S/C15H16N2O3/c18-8-7-17(10-5-6-10)14-12-4-2-1-3-11(12)13(9-16-14)15(19)20/h1-4,9-10,18H,5-8H2,(H,19,20). The Balaban J connectivity index is 2.16. The highest BCUT2D eigenvalue weighted by Gasteiger charge is 2.31. The zero-order valence-corrected chi connectivity index (χ0v) is 11.0. The van der Waals surface area contributed by atoms with Gasteiger partial charge in [-0.1, -0.05) is 24.3 Å². The third-order valence-corrected chi connectivity index (χ3v) is 3.61. The van der Waals surface area contributed by atoms with Crippen molar-refractivity contribution in [2.45, 2.75) is 18.9 Å². The molecule has 0 radical (unpaired) electrons. The molecule has 1 aromatic heterocycles. The van der Waals surface area contributed by atoms with Gasteiger partial charge in [0.1, 0.15) is 5.82 Å². The molecule has 1 fully saturated rings. The normalized spacial score (nSPS) is 14.4. The summed E-state index contributed by atoms with van der Waals surface area (Å²) in [6.45, 7) is 0.585. The molecule has 0 unspecified atom stereocenters. The lowest BCUT2D eigenvalue weighted by molar-refractivity contribution is 0.0698. The van der Waals surface area contributed by atoms with Crippen molar-refractivity contribution >= 4 is 22.6 Å². The summed E-state index contributed by atoms with van der Waals surface area (Å²) in [5, 5.41) is 20.0. The first kappa shape index (κ1) is 12.9. The van der Waals surface area contributed by atoms with Crippen LogP contribution in [0.25, 0.3) is 10.8 Å². The van der Waals surface area contributed by atoms with Crippen LogP contribution >= 0.6 is 0 Å². The molecule has 3 rings (SSSR count). The predicted octanol–water partition coefficient (Wildman–Crippen LogP) is 1.89. The van der Waals surface area contributed by atoms with E-state index in [1.165, 1.54) is 6.20 Å². The zero-order chi connectivity index (χ0) is 14.1. The highest BCUT2D eigenvalue weighted by molar-refractivity contribution is 6.06. The topological polar surface area (TPSA) is 73.7 Å². The molecular formula is C15H16N2O3. The van der Waals surface area contributed by atoms with E-state index in [0.717, 1.165) is 24.0 Å². The second kappa shape index (κ2) is 5.09. The van der Waals surface area contributed by atoms with Crippen molar-refractivity contribution in [3.05, 3.63) is 36.0 Å². The first-order valence-corrected chi connectivity index (χ1v) is 6.71. The van der Waals surface area contributed by atoms with Gasteiger partial charge in [0.15, 0.2) is 0 Å². The quantitative estimate of drug-likeness (QED) is 0.869. The first-order chi connectivity index (χ1) is 9.72. The fourth-order valence-corrected chi connectivity index (χ4v) is 2.53. The van der Waals surface area contributed by atoms with Crippen molar-refractivity contribution in [3.8, 4) is 0 Å². The molecule has 2 N–H and O–H groups in total. The van der Waals surface area contributed by atoms with Crippen molar-refractivity contribution in [2.24, 2.45) is 0 Å². The molecule has 0 bridgehead atoms. The molecule has 5 nitrogen and oxygen atoms in total. The van der Waals surface area contributed by atoms with Gasteiger partial charge in [0.2, 0.25) is 0 Å². The van der Waals surface area contributed by atoms with Crippen LogP contribution in [0.2, 0.25) is 0 Å². The lowest BCUT2D eigenvalue weighted by Gasteiger charge is -2.24. The molecule has 0 saturated heterocycles. The SMILES string of the molecule is O=C(O)c1cnc(N(CCO)C2CC2)c2ccccc12. The molecule has 0 aliphatic heterocycles. The zero-order valence-electron chi connectivity index (χ0n) is 11.0. The summed E-state index contributed by atoms with van der Waals surface area (Å²) < 4.78 is 0. The Bertz CT molecular complexity index is 653. The maximum atomic E-state index is 11.3. The smallest absolute Gasteiger partial charge is 0.337 e. The van der Waals surface area contributed by atoms with Gasteiger partial charge >= 0.3 is 5.97 Å². The summed E-state index contributed by atoms with van der Waals surface area (Å²) in [6.07, 6.45) is 3.60. The molecule has 1 aromatic carbocycles. The molecule has 0 amide bonds. The number of hydrogen-bond donors (Lipinski definition) is 2. The average Bonchev–Trinajstić information content (AvgIpc) is 3.28. The minimum absolute atomic E-state index is 0.0627. The first-order valence-electron chi connectivity index (χ1n) is 6.71. The van der Waals surface area contributed by atoms with Gasteiger partial charge in [-0.15, -0.1) is 0 Å². The van der Waals surface area contributed by atoms with E-state index in [-0.39, 0.29) is 12.2 Å². The number of fused-ring (bicyclic) bond motifs is 1. The number of rotatable bonds is 5. The number of benzene rings is 1. The van der Waals surface area contributed by atoms with Crippen LogP contribution in [0.4, 0.5) is 5.82 Å². The van der Waals surface area contributed by atoms with Gasteiger partial charge in [0, 0.05) is 29.6 Å². The Kier molecular flexibility index (Phi) is 3.28. The fraction of sp³-hybridized carbons (Fsp3) is 0.333. The number of aromatic carboxylic acids is 1. The van der Waals surface area contributed by atoms with Crippen LogP contribution in [0, 0.1) is 0 Å². The maximum Gasteiger partial charge on any atom is 0.337 e. The van der Waals surface area contributed by atoms with Crippen LogP contribution < -0.4 is 4.90 Å². The molecule has 2 aromatic rings. The Morgan fingerprint density at radius 1 is 1.30 bits per heavy atom. The van der Waals surface area contributed by atoms with E-state index in [9.17, 15) is 15.0 Å². The third kappa shape index (κ3) is 2.20. The summed E-state index contributed by atoms with van der Waals surface area (Å²) in [7, 11) is 0. The van der Waals surface area contributed by atoms with Crippen LogP contribution in [-0.4, -0.2) is 40.4 Å². The Hall–Kier alpha value is -2.14. The van der Waals surface area contributed by atoms with Gasteiger partial charge in [-0.05, 0) is 12.8 Å². The van der Waals surface area contributed by atoms with E-state index in [4.69, 9.17) is 0 Å². The number of pyridine rings is 1. The van der Waals surface area contributed by atoms with Gasteiger partial charge in [-0.25, -0.2) is 9.78 Å². The van der Waals surface area contributed by atoms with Crippen LogP contribution in [0.5, 0.6) is 0 Å². The number of hydrogen-bond acceptors (Lipinski definition) is 4. The Labute approximate surface area is 116 Å². The molecule has 20 heavy (non-hydrogen) atoms. The van der Waals surface area contributed by atoms with Crippen molar-refractivity contribution in [1.82, 2.24) is 4.98 Å². The highest BCUT2D eigenvalue weighted by Crippen LogP contribution is 2.35. The van der Waals surface area contributed by atoms with Crippen molar-refractivity contribution in [1.29, 1.82) is 0 Å². The monoisotopic (exact) mass is 272 g/mol. The average molecular weight is 272 g/mol. The number of aliphatic hydroxyl groups excluding tert-OH is 1. The summed E-state index contributed by atoms with van der Waals surface area (Å²) in [6, 6.07) is 7.80. The van der Waals surface area contributed by atoms with Crippen LogP contribution in [0.15, 0.2) is 30.5 Å². The third-order valence-electron chi connectivity index (χ3n) is 3.61. The predicted molar refractivity (Wildman–Crippen MR) is 76.2 cm³/mol. The van der Waals surface area contributed by atoms with E-state index in [1.54, 1.807) is 6.07 Å². The van der Waals surface area contributed by atoms with Crippen LogP contribution in [-0.2, 0) is 0 Å². The van der Waals surface area contributed by atoms with Gasteiger partial charge in [0.25, 0.3) is 0 Å². The summed E-state index contributed by atoms with van der Waals surface area (Å²) in [5.41, 5.74) is 0.212. The number of aliphatic hydroxyl groups is 1. The number of nitrogens with zero attached hydrogens (tertiary/aromatic N) is 2. The van der Waals surface area contributed by atoms with Crippen LogP contribution in [0.3, 0.4) is 0 Å². The van der Waals surface area contributed by atoms with Gasteiger partial charge in [-0.3, -0.25) is 0 Å². The Morgan fingerprint density at radius 3 is 2.60 bits per heavy atom. The van der Waals surface area contributed by atoms with Gasteiger partial charge in [-0.2, -0.15) is 0 Å².